The van der Waals surface area contributed by atoms with Crippen LogP contribution in [0.4, 0.5) is 0 Å². The van der Waals surface area contributed by atoms with E-state index in [2.05, 4.69) is 4.98 Å². The molecule has 0 bridgehead atoms. The fourth-order valence-electron chi connectivity index (χ4n) is 3.75. The second kappa shape index (κ2) is 6.49. The van der Waals surface area contributed by atoms with E-state index in [1.807, 2.05) is 54.6 Å². The van der Waals surface area contributed by atoms with Gasteiger partial charge in [0.15, 0.2) is 5.78 Å². The second-order valence-corrected chi connectivity index (χ2v) is 6.40. The van der Waals surface area contributed by atoms with Crippen LogP contribution in [0.2, 0.25) is 0 Å². The van der Waals surface area contributed by atoms with E-state index in [1.165, 1.54) is 0 Å². The third kappa shape index (κ3) is 2.49. The highest BCUT2D eigenvalue weighted by atomic mass is 35.5. The number of carbonyl (C=O) groups excluding carboxylic acids is 1. The lowest BCUT2D eigenvalue weighted by molar-refractivity contribution is 0.104. The third-order valence-corrected chi connectivity index (χ3v) is 4.90. The Balaban J connectivity index is 0.00000180. The monoisotopic (exact) mass is 374 g/mol. The quantitative estimate of drug-likeness (QED) is 0.468. The summed E-state index contributed by atoms with van der Waals surface area (Å²) in [5, 5.41) is 1.28. The molecule has 4 aromatic rings. The van der Waals surface area contributed by atoms with Gasteiger partial charge in [-0.1, -0.05) is 48.5 Å². The van der Waals surface area contributed by atoms with E-state index in [0.29, 0.717) is 28.8 Å². The predicted molar refractivity (Wildman–Crippen MR) is 108 cm³/mol. The van der Waals surface area contributed by atoms with Crippen LogP contribution in [0, 0.1) is 0 Å². The minimum Gasteiger partial charge on any atom is -0.302 e. The van der Waals surface area contributed by atoms with Crippen LogP contribution in [0.25, 0.3) is 22.0 Å². The average molecular weight is 375 g/mol. The number of pyridine rings is 2. The van der Waals surface area contributed by atoms with Crippen LogP contribution >= 0.6 is 12.4 Å². The minimum absolute atomic E-state index is 0. The normalized spacial score (nSPS) is 11.8. The van der Waals surface area contributed by atoms with Crippen LogP contribution in [0.1, 0.15) is 21.5 Å². The minimum atomic E-state index is -0.0901. The molecule has 0 saturated carbocycles. The van der Waals surface area contributed by atoms with Crippen molar-refractivity contribution in [3.8, 4) is 11.3 Å². The first-order valence-corrected chi connectivity index (χ1v) is 8.44. The summed E-state index contributed by atoms with van der Waals surface area (Å²) in [7, 11) is 0. The molecule has 2 heterocycles. The highest BCUT2D eigenvalue weighted by Crippen LogP contribution is 2.39. The SMILES string of the molecule is Cl.O=C1c2ccccc2-c2c1c1ccccc1c(=O)n2Cc1cccnc1. The molecule has 27 heavy (non-hydrogen) atoms. The van der Waals surface area contributed by atoms with Gasteiger partial charge in [0.05, 0.1) is 17.8 Å². The highest BCUT2D eigenvalue weighted by molar-refractivity contribution is 6.26. The van der Waals surface area contributed by atoms with Crippen molar-refractivity contribution in [1.82, 2.24) is 9.55 Å². The van der Waals surface area contributed by atoms with Crippen molar-refractivity contribution < 1.29 is 4.79 Å². The Kier molecular flexibility index (Phi) is 4.13. The van der Waals surface area contributed by atoms with Gasteiger partial charge in [-0.05, 0) is 17.7 Å². The van der Waals surface area contributed by atoms with Crippen molar-refractivity contribution in [2.45, 2.75) is 6.54 Å². The molecule has 1 aliphatic carbocycles. The van der Waals surface area contributed by atoms with E-state index in [-0.39, 0.29) is 23.7 Å². The largest absolute Gasteiger partial charge is 0.302 e. The van der Waals surface area contributed by atoms with E-state index in [0.717, 1.165) is 16.5 Å². The molecule has 1 aliphatic rings. The Morgan fingerprint density at radius 2 is 1.52 bits per heavy atom. The Bertz CT molecular complexity index is 1250. The standard InChI is InChI=1S/C22H14N2O2.ClH/c25-21-17-9-3-2-8-16(17)20-19(21)15-7-1-4-10-18(15)22(26)24(20)13-14-6-5-11-23-12-14;/h1-12H,13H2;1H. The van der Waals surface area contributed by atoms with Gasteiger partial charge >= 0.3 is 0 Å². The summed E-state index contributed by atoms with van der Waals surface area (Å²) in [5.41, 5.74) is 3.62. The molecule has 0 unspecified atom stereocenters. The molecule has 0 fully saturated rings. The van der Waals surface area contributed by atoms with Crippen molar-refractivity contribution in [3.05, 3.63) is 100 Å². The highest BCUT2D eigenvalue weighted by Gasteiger charge is 2.32. The number of benzene rings is 2. The number of rotatable bonds is 2. The van der Waals surface area contributed by atoms with E-state index >= 15 is 0 Å². The molecule has 0 N–H and O–H groups in total. The molecule has 4 nitrogen and oxygen atoms in total. The average Bonchev–Trinajstić information content (AvgIpc) is 2.99. The van der Waals surface area contributed by atoms with Gasteiger partial charge in [0.2, 0.25) is 0 Å². The molecule has 5 heteroatoms. The Labute approximate surface area is 161 Å². The maximum atomic E-state index is 13.2. The molecule has 2 aromatic heterocycles. The van der Waals surface area contributed by atoms with Crippen molar-refractivity contribution in [2.24, 2.45) is 0 Å². The van der Waals surface area contributed by atoms with E-state index < -0.39 is 0 Å². The molecule has 2 aromatic carbocycles. The fraction of sp³-hybridized carbons (Fsp3) is 0.0455. The van der Waals surface area contributed by atoms with Crippen LogP contribution in [0.3, 0.4) is 0 Å². The van der Waals surface area contributed by atoms with Gasteiger partial charge in [-0.25, -0.2) is 0 Å². The van der Waals surface area contributed by atoms with Crippen LogP contribution < -0.4 is 5.56 Å². The smallest absolute Gasteiger partial charge is 0.259 e. The summed E-state index contributed by atoms with van der Waals surface area (Å²) < 4.78 is 1.71. The molecule has 5 rings (SSSR count). The van der Waals surface area contributed by atoms with Crippen LogP contribution in [0.5, 0.6) is 0 Å². The zero-order chi connectivity index (χ0) is 17.7. The molecule has 0 radical (unpaired) electrons. The number of carbonyl (C=O) groups is 1. The first-order chi connectivity index (χ1) is 12.8. The van der Waals surface area contributed by atoms with Crippen LogP contribution in [-0.4, -0.2) is 15.3 Å². The lowest BCUT2D eigenvalue weighted by Crippen LogP contribution is -2.24. The zero-order valence-corrected chi connectivity index (χ0v) is 15.1. The zero-order valence-electron chi connectivity index (χ0n) is 14.3. The van der Waals surface area contributed by atoms with Gasteiger partial charge in [0.1, 0.15) is 0 Å². The van der Waals surface area contributed by atoms with Crippen LogP contribution in [0.15, 0.2) is 77.9 Å². The first-order valence-electron chi connectivity index (χ1n) is 8.44. The molecule has 0 aliphatic heterocycles. The molecule has 132 valence electrons. The number of aromatic nitrogens is 2. The van der Waals surface area contributed by atoms with Gasteiger partial charge < -0.3 is 4.57 Å². The number of hydrogen-bond donors (Lipinski definition) is 0. The van der Waals surface area contributed by atoms with Gasteiger partial charge in [0.25, 0.3) is 5.56 Å². The summed E-state index contributed by atoms with van der Waals surface area (Å²) in [6.45, 7) is 0.376. The Hall–Kier alpha value is -3.24. The molecule has 0 amide bonds. The molecule has 0 saturated heterocycles. The molecule has 0 atom stereocenters. The number of hydrogen-bond acceptors (Lipinski definition) is 3. The number of ketones is 1. The second-order valence-electron chi connectivity index (χ2n) is 6.40. The van der Waals surface area contributed by atoms with Crippen LogP contribution in [-0.2, 0) is 6.54 Å². The summed E-state index contributed by atoms with van der Waals surface area (Å²) in [6, 6.07) is 18.6. The number of nitrogens with zero attached hydrogens (tertiary/aromatic N) is 2. The van der Waals surface area contributed by atoms with Crippen molar-refractivity contribution in [3.63, 3.8) is 0 Å². The van der Waals surface area contributed by atoms with Gasteiger partial charge in [-0.15, -0.1) is 12.4 Å². The Morgan fingerprint density at radius 3 is 2.26 bits per heavy atom. The summed E-state index contributed by atoms with van der Waals surface area (Å²) in [5.74, 6) is -0.0215. The number of halogens is 1. The van der Waals surface area contributed by atoms with Gasteiger partial charge in [-0.2, -0.15) is 0 Å². The summed E-state index contributed by atoms with van der Waals surface area (Å²) >= 11 is 0. The first kappa shape index (κ1) is 17.2. The third-order valence-electron chi connectivity index (χ3n) is 4.90. The summed E-state index contributed by atoms with van der Waals surface area (Å²) in [6.07, 6.45) is 3.45. The maximum Gasteiger partial charge on any atom is 0.259 e. The molecular formula is C22H15ClN2O2. The van der Waals surface area contributed by atoms with Crippen molar-refractivity contribution in [2.75, 3.05) is 0 Å². The maximum absolute atomic E-state index is 13.2. The van der Waals surface area contributed by atoms with Crippen molar-refractivity contribution >= 4 is 29.0 Å². The lowest BCUT2D eigenvalue weighted by Gasteiger charge is -2.15. The predicted octanol–water partition coefficient (Wildman–Crippen LogP) is 4.08. The van der Waals surface area contributed by atoms with E-state index in [1.54, 1.807) is 23.0 Å². The number of fused-ring (bicyclic) bond motifs is 5. The Morgan fingerprint density at radius 1 is 0.815 bits per heavy atom. The van der Waals surface area contributed by atoms with Crippen molar-refractivity contribution in [1.29, 1.82) is 0 Å². The lowest BCUT2D eigenvalue weighted by atomic mass is 10.0. The fourth-order valence-corrected chi connectivity index (χ4v) is 3.75. The van der Waals surface area contributed by atoms with E-state index in [4.69, 9.17) is 0 Å². The molecule has 0 spiro atoms. The summed E-state index contributed by atoms with van der Waals surface area (Å²) in [4.78, 5) is 30.5. The van der Waals surface area contributed by atoms with E-state index in [9.17, 15) is 9.59 Å². The topological polar surface area (TPSA) is 52.0 Å². The van der Waals surface area contributed by atoms with Gasteiger partial charge in [0, 0.05) is 34.3 Å². The van der Waals surface area contributed by atoms with Gasteiger partial charge in [-0.3, -0.25) is 14.6 Å². The molecular weight excluding hydrogens is 360 g/mol.